The molecule has 3 N–H and O–H groups in total. The van der Waals surface area contributed by atoms with E-state index in [1.165, 1.54) is 0 Å². The minimum atomic E-state index is -0.639. The number of carbonyl (C=O) groups excluding carboxylic acids is 1. The number of rotatable bonds is 3. The normalized spacial score (nSPS) is 16.5. The van der Waals surface area contributed by atoms with Crippen molar-refractivity contribution in [3.05, 3.63) is 23.3 Å². The molecule has 17 heavy (non-hydrogen) atoms. The van der Waals surface area contributed by atoms with Gasteiger partial charge in [0.1, 0.15) is 5.75 Å². The molecule has 0 saturated heterocycles. The molecule has 4 nitrogen and oxygen atoms in total. The molecule has 0 unspecified atom stereocenters. The van der Waals surface area contributed by atoms with Gasteiger partial charge in [-0.2, -0.15) is 0 Å². The average Bonchev–Trinajstić information content (AvgIpc) is 3.05. The van der Waals surface area contributed by atoms with Gasteiger partial charge in [0.15, 0.2) is 0 Å². The average molecular weight is 234 g/mol. The van der Waals surface area contributed by atoms with Crippen LogP contribution in [0, 0.1) is 13.8 Å². The van der Waals surface area contributed by atoms with Gasteiger partial charge in [-0.25, -0.2) is 0 Å². The Bertz CT molecular complexity index is 465. The fourth-order valence-corrected chi connectivity index (χ4v) is 1.76. The van der Waals surface area contributed by atoms with E-state index < -0.39 is 5.54 Å². The van der Waals surface area contributed by atoms with E-state index in [0.717, 1.165) is 35.4 Å². The number of amides is 1. The Morgan fingerprint density at radius 3 is 2.53 bits per heavy atom. The molecule has 0 aromatic heterocycles. The second-order valence-electron chi connectivity index (χ2n) is 4.68. The Labute approximate surface area is 101 Å². The molecule has 0 aliphatic heterocycles. The summed E-state index contributed by atoms with van der Waals surface area (Å²) in [4.78, 5) is 11.8. The number of methoxy groups -OCH3 is 1. The van der Waals surface area contributed by atoms with Gasteiger partial charge in [0.25, 0.3) is 0 Å². The second kappa shape index (κ2) is 4.04. The van der Waals surface area contributed by atoms with Gasteiger partial charge < -0.3 is 15.8 Å². The van der Waals surface area contributed by atoms with E-state index in [9.17, 15) is 4.79 Å². The Morgan fingerprint density at radius 2 is 2.00 bits per heavy atom. The highest BCUT2D eigenvalue weighted by atomic mass is 16.5. The largest absolute Gasteiger partial charge is 0.496 e. The van der Waals surface area contributed by atoms with Gasteiger partial charge in [0.05, 0.1) is 12.6 Å². The Balaban J connectivity index is 2.22. The van der Waals surface area contributed by atoms with Crippen molar-refractivity contribution >= 4 is 11.6 Å². The van der Waals surface area contributed by atoms with Gasteiger partial charge >= 0.3 is 0 Å². The first kappa shape index (κ1) is 11.9. The third-order valence-electron chi connectivity index (χ3n) is 3.45. The van der Waals surface area contributed by atoms with E-state index >= 15 is 0 Å². The first-order chi connectivity index (χ1) is 7.98. The van der Waals surface area contributed by atoms with Gasteiger partial charge in [-0.3, -0.25) is 4.79 Å². The van der Waals surface area contributed by atoms with Gasteiger partial charge in [-0.15, -0.1) is 0 Å². The summed E-state index contributed by atoms with van der Waals surface area (Å²) in [6, 6.07) is 3.71. The summed E-state index contributed by atoms with van der Waals surface area (Å²) in [5, 5.41) is 2.89. The van der Waals surface area contributed by atoms with Crippen molar-refractivity contribution in [3.8, 4) is 5.75 Å². The molecule has 1 saturated carbocycles. The Hall–Kier alpha value is -1.55. The molecular weight excluding hydrogens is 216 g/mol. The molecule has 0 heterocycles. The number of hydrogen-bond acceptors (Lipinski definition) is 3. The lowest BCUT2D eigenvalue weighted by Gasteiger charge is -2.15. The summed E-state index contributed by atoms with van der Waals surface area (Å²) < 4.78 is 5.23. The molecule has 0 spiro atoms. The van der Waals surface area contributed by atoms with Crippen molar-refractivity contribution in [3.63, 3.8) is 0 Å². The molecule has 1 amide bonds. The maximum atomic E-state index is 11.8. The van der Waals surface area contributed by atoms with Crippen LogP contribution in [0.25, 0.3) is 0 Å². The van der Waals surface area contributed by atoms with Crippen molar-refractivity contribution in [2.45, 2.75) is 32.2 Å². The zero-order valence-corrected chi connectivity index (χ0v) is 10.5. The van der Waals surface area contributed by atoms with Crippen LogP contribution in [0.15, 0.2) is 12.1 Å². The first-order valence-corrected chi connectivity index (χ1v) is 5.72. The van der Waals surface area contributed by atoms with E-state index in [-0.39, 0.29) is 5.91 Å². The quantitative estimate of drug-likeness (QED) is 0.837. The molecule has 0 radical (unpaired) electrons. The van der Waals surface area contributed by atoms with Crippen LogP contribution < -0.4 is 15.8 Å². The number of ether oxygens (including phenoxy) is 1. The molecule has 4 heteroatoms. The lowest BCUT2D eigenvalue weighted by atomic mass is 10.1. The SMILES string of the molecule is COc1ccc(NC(=O)C2(N)CC2)c(C)c1C. The van der Waals surface area contributed by atoms with Crippen LogP contribution in [0.1, 0.15) is 24.0 Å². The molecule has 0 bridgehead atoms. The predicted octanol–water partition coefficient (Wildman–Crippen LogP) is 1.74. The summed E-state index contributed by atoms with van der Waals surface area (Å²) in [5.41, 5.74) is 8.07. The fourth-order valence-electron chi connectivity index (χ4n) is 1.76. The second-order valence-corrected chi connectivity index (χ2v) is 4.68. The van der Waals surface area contributed by atoms with Crippen molar-refractivity contribution in [2.24, 2.45) is 5.73 Å². The number of anilines is 1. The van der Waals surface area contributed by atoms with Crippen LogP contribution in [-0.4, -0.2) is 18.6 Å². The summed E-state index contributed by atoms with van der Waals surface area (Å²) in [5.74, 6) is 0.736. The molecule has 92 valence electrons. The molecular formula is C13H18N2O2. The number of hydrogen-bond donors (Lipinski definition) is 2. The first-order valence-electron chi connectivity index (χ1n) is 5.72. The molecule has 1 fully saturated rings. The maximum absolute atomic E-state index is 11.8. The molecule has 1 aliphatic rings. The standard InChI is InChI=1S/C13H18N2O2/c1-8-9(2)11(17-3)5-4-10(8)15-12(16)13(14)6-7-13/h4-5H,6-7,14H2,1-3H3,(H,15,16). The summed E-state index contributed by atoms with van der Waals surface area (Å²) >= 11 is 0. The summed E-state index contributed by atoms with van der Waals surface area (Å²) in [6.45, 7) is 3.93. The van der Waals surface area contributed by atoms with E-state index in [1.54, 1.807) is 7.11 Å². The van der Waals surface area contributed by atoms with Crippen molar-refractivity contribution < 1.29 is 9.53 Å². The van der Waals surface area contributed by atoms with Crippen LogP contribution in [0.2, 0.25) is 0 Å². The summed E-state index contributed by atoms with van der Waals surface area (Å²) in [6.07, 6.45) is 1.54. The summed E-state index contributed by atoms with van der Waals surface area (Å²) in [7, 11) is 1.64. The lowest BCUT2D eigenvalue weighted by Crippen LogP contribution is -2.38. The van der Waals surface area contributed by atoms with Crippen LogP contribution in [0.3, 0.4) is 0 Å². The van der Waals surface area contributed by atoms with Crippen LogP contribution in [-0.2, 0) is 4.79 Å². The molecule has 2 rings (SSSR count). The van der Waals surface area contributed by atoms with Crippen molar-refractivity contribution in [1.29, 1.82) is 0 Å². The number of nitrogens with two attached hydrogens (primary N) is 1. The third-order valence-corrected chi connectivity index (χ3v) is 3.45. The number of benzene rings is 1. The monoisotopic (exact) mass is 234 g/mol. The number of carbonyl (C=O) groups is 1. The van der Waals surface area contributed by atoms with Gasteiger partial charge in [-0.05, 0) is 49.9 Å². The van der Waals surface area contributed by atoms with Gasteiger partial charge in [-0.1, -0.05) is 0 Å². The Kier molecular flexibility index (Phi) is 2.83. The maximum Gasteiger partial charge on any atom is 0.244 e. The lowest BCUT2D eigenvalue weighted by molar-refractivity contribution is -0.118. The van der Waals surface area contributed by atoms with E-state index in [4.69, 9.17) is 10.5 Å². The topological polar surface area (TPSA) is 64.3 Å². The highest BCUT2D eigenvalue weighted by Crippen LogP contribution is 2.34. The smallest absolute Gasteiger partial charge is 0.244 e. The Morgan fingerprint density at radius 1 is 1.35 bits per heavy atom. The highest BCUT2D eigenvalue weighted by Gasteiger charge is 2.46. The predicted molar refractivity (Wildman–Crippen MR) is 67.3 cm³/mol. The molecule has 0 atom stereocenters. The van der Waals surface area contributed by atoms with Crippen molar-refractivity contribution in [2.75, 3.05) is 12.4 Å². The molecule has 1 aromatic rings. The zero-order chi connectivity index (χ0) is 12.6. The van der Waals surface area contributed by atoms with Crippen LogP contribution >= 0.6 is 0 Å². The van der Waals surface area contributed by atoms with E-state index in [1.807, 2.05) is 26.0 Å². The molecule has 1 aliphatic carbocycles. The van der Waals surface area contributed by atoms with Crippen LogP contribution in [0.5, 0.6) is 5.75 Å². The van der Waals surface area contributed by atoms with Crippen molar-refractivity contribution in [1.82, 2.24) is 0 Å². The zero-order valence-electron chi connectivity index (χ0n) is 10.5. The molecule has 1 aromatic carbocycles. The fraction of sp³-hybridized carbons (Fsp3) is 0.462. The minimum Gasteiger partial charge on any atom is -0.496 e. The van der Waals surface area contributed by atoms with Gasteiger partial charge in [0.2, 0.25) is 5.91 Å². The highest BCUT2D eigenvalue weighted by molar-refractivity contribution is 6.00. The third kappa shape index (κ3) is 2.13. The van der Waals surface area contributed by atoms with E-state index in [0.29, 0.717) is 0 Å². The van der Waals surface area contributed by atoms with Crippen LogP contribution in [0.4, 0.5) is 5.69 Å². The van der Waals surface area contributed by atoms with Gasteiger partial charge in [0, 0.05) is 5.69 Å². The van der Waals surface area contributed by atoms with E-state index in [2.05, 4.69) is 5.32 Å². The number of nitrogens with one attached hydrogen (secondary N) is 1. The minimum absolute atomic E-state index is 0.0924.